The maximum absolute atomic E-state index is 5.07. The van der Waals surface area contributed by atoms with Crippen molar-refractivity contribution >= 4 is 43.4 Å². The van der Waals surface area contributed by atoms with Crippen molar-refractivity contribution < 1.29 is 0 Å². The molecule has 0 N–H and O–H groups in total. The molecule has 0 aliphatic heterocycles. The van der Waals surface area contributed by atoms with Gasteiger partial charge < -0.3 is 0 Å². The van der Waals surface area contributed by atoms with E-state index in [1.54, 1.807) is 0 Å². The fraction of sp³-hybridized carbons (Fsp3) is 0. The third kappa shape index (κ3) is 4.09. The van der Waals surface area contributed by atoms with Crippen molar-refractivity contribution in [2.75, 3.05) is 0 Å². The standard InChI is InChI=1S/C40H25N5/c1-2-10-29-26(9-1)19-22-43-39(29)28-16-18-38(44-25-28)45-37-17-15-27(35-13-5-7-20-41-35)23-33(37)34-24-32(36-14-6-8-21-42-36)30-11-3-4-12-31(30)40(34)45/h1-25H. The summed E-state index contributed by atoms with van der Waals surface area (Å²) in [6, 6.07) is 44.2. The monoisotopic (exact) mass is 575 g/mol. The van der Waals surface area contributed by atoms with Gasteiger partial charge in [-0.25, -0.2) is 4.98 Å². The van der Waals surface area contributed by atoms with E-state index in [4.69, 9.17) is 15.0 Å². The Balaban J connectivity index is 1.33. The zero-order chi connectivity index (χ0) is 29.7. The van der Waals surface area contributed by atoms with E-state index in [-0.39, 0.29) is 0 Å². The fourth-order valence-corrected chi connectivity index (χ4v) is 6.55. The van der Waals surface area contributed by atoms with Gasteiger partial charge in [0.05, 0.1) is 28.1 Å². The molecule has 45 heavy (non-hydrogen) atoms. The molecule has 0 atom stereocenters. The summed E-state index contributed by atoms with van der Waals surface area (Å²) in [5.74, 6) is 0.848. The number of aromatic nitrogens is 5. The molecule has 0 bridgehead atoms. The second-order valence-corrected chi connectivity index (χ2v) is 11.1. The van der Waals surface area contributed by atoms with Crippen molar-refractivity contribution in [2.45, 2.75) is 0 Å². The summed E-state index contributed by atoms with van der Waals surface area (Å²) in [6.45, 7) is 0. The highest BCUT2D eigenvalue weighted by atomic mass is 15.1. The summed E-state index contributed by atoms with van der Waals surface area (Å²) in [6.07, 6.45) is 7.50. The Hall–Kier alpha value is -6.20. The van der Waals surface area contributed by atoms with Gasteiger partial charge in [-0.1, -0.05) is 66.7 Å². The Morgan fingerprint density at radius 1 is 0.444 bits per heavy atom. The summed E-state index contributed by atoms with van der Waals surface area (Å²) in [5, 5.41) is 6.85. The molecule has 0 unspecified atom stereocenters. The lowest BCUT2D eigenvalue weighted by Gasteiger charge is -2.12. The van der Waals surface area contributed by atoms with Gasteiger partial charge in [0.1, 0.15) is 5.82 Å². The molecule has 210 valence electrons. The van der Waals surface area contributed by atoms with E-state index in [1.807, 2.05) is 55.1 Å². The first kappa shape index (κ1) is 25.3. The molecule has 0 saturated heterocycles. The van der Waals surface area contributed by atoms with Crippen LogP contribution in [0.5, 0.6) is 0 Å². The number of pyridine rings is 4. The van der Waals surface area contributed by atoms with Crippen molar-refractivity contribution in [2.24, 2.45) is 0 Å². The molecule has 5 heteroatoms. The van der Waals surface area contributed by atoms with E-state index in [9.17, 15) is 0 Å². The minimum Gasteiger partial charge on any atom is -0.293 e. The minimum absolute atomic E-state index is 0.848. The van der Waals surface area contributed by atoms with Gasteiger partial charge in [-0.2, -0.15) is 0 Å². The highest BCUT2D eigenvalue weighted by molar-refractivity contribution is 6.22. The minimum atomic E-state index is 0.848. The molecule has 0 fully saturated rings. The van der Waals surface area contributed by atoms with Crippen LogP contribution in [0.1, 0.15) is 0 Å². The van der Waals surface area contributed by atoms with E-state index in [0.29, 0.717) is 0 Å². The molecule has 9 aromatic rings. The SMILES string of the molecule is c1ccc(-c2ccc3c(c2)c2cc(-c4ccccn4)c4ccccc4c2n3-c2ccc(-c3nccc4ccccc34)cn2)nc1. The maximum atomic E-state index is 5.07. The van der Waals surface area contributed by atoms with Gasteiger partial charge in [0.2, 0.25) is 0 Å². The van der Waals surface area contributed by atoms with Crippen molar-refractivity contribution in [3.8, 4) is 39.6 Å². The van der Waals surface area contributed by atoms with E-state index < -0.39 is 0 Å². The Labute approximate surface area is 259 Å². The average molecular weight is 576 g/mol. The number of nitrogens with zero attached hydrogens (tertiary/aromatic N) is 5. The lowest BCUT2D eigenvalue weighted by Crippen LogP contribution is -1.98. The molecule has 5 nitrogen and oxygen atoms in total. The van der Waals surface area contributed by atoms with Crippen LogP contribution in [0.3, 0.4) is 0 Å². The second kappa shape index (κ2) is 10.2. The van der Waals surface area contributed by atoms with Crippen LogP contribution in [-0.2, 0) is 0 Å². The molecule has 5 heterocycles. The summed E-state index contributed by atoms with van der Waals surface area (Å²) in [5.41, 5.74) is 8.17. The van der Waals surface area contributed by atoms with Gasteiger partial charge >= 0.3 is 0 Å². The molecule has 0 amide bonds. The highest BCUT2D eigenvalue weighted by Crippen LogP contribution is 2.41. The Kier molecular flexibility index (Phi) is 5.74. The highest BCUT2D eigenvalue weighted by Gasteiger charge is 2.20. The third-order valence-electron chi connectivity index (χ3n) is 8.59. The summed E-state index contributed by atoms with van der Waals surface area (Å²) in [7, 11) is 0. The quantitative estimate of drug-likeness (QED) is 0.210. The smallest absolute Gasteiger partial charge is 0.137 e. The largest absolute Gasteiger partial charge is 0.293 e. The molecule has 4 aromatic carbocycles. The third-order valence-corrected chi connectivity index (χ3v) is 8.59. The Bertz CT molecular complexity index is 2510. The summed E-state index contributed by atoms with van der Waals surface area (Å²) in [4.78, 5) is 19.2. The van der Waals surface area contributed by atoms with Crippen LogP contribution in [-0.4, -0.2) is 24.5 Å². The molecule has 5 aromatic heterocycles. The second-order valence-electron chi connectivity index (χ2n) is 11.1. The molecule has 0 spiro atoms. The van der Waals surface area contributed by atoms with Crippen LogP contribution in [0.4, 0.5) is 0 Å². The number of rotatable bonds is 4. The van der Waals surface area contributed by atoms with Gasteiger partial charge in [-0.15, -0.1) is 0 Å². The van der Waals surface area contributed by atoms with E-state index in [1.165, 1.54) is 0 Å². The normalized spacial score (nSPS) is 11.6. The van der Waals surface area contributed by atoms with Crippen molar-refractivity contribution in [1.29, 1.82) is 0 Å². The van der Waals surface area contributed by atoms with Crippen LogP contribution in [0.2, 0.25) is 0 Å². The van der Waals surface area contributed by atoms with E-state index >= 15 is 0 Å². The van der Waals surface area contributed by atoms with Crippen molar-refractivity contribution in [3.05, 3.63) is 152 Å². The van der Waals surface area contributed by atoms with Crippen LogP contribution in [0.25, 0.3) is 82.9 Å². The first-order valence-electron chi connectivity index (χ1n) is 15.0. The fourth-order valence-electron chi connectivity index (χ4n) is 6.55. The first-order chi connectivity index (χ1) is 22.3. The molecular weight excluding hydrogens is 550 g/mol. The van der Waals surface area contributed by atoms with Crippen LogP contribution >= 0.6 is 0 Å². The molecular formula is C40H25N5. The molecule has 9 rings (SSSR count). The van der Waals surface area contributed by atoms with Gasteiger partial charge in [0.15, 0.2) is 0 Å². The number of hydrogen-bond donors (Lipinski definition) is 0. The van der Waals surface area contributed by atoms with Crippen LogP contribution < -0.4 is 0 Å². The van der Waals surface area contributed by atoms with Gasteiger partial charge in [-0.05, 0) is 71.4 Å². The van der Waals surface area contributed by atoms with Gasteiger partial charge in [0.25, 0.3) is 0 Å². The Morgan fingerprint density at radius 2 is 1.18 bits per heavy atom. The average Bonchev–Trinajstić information content (AvgIpc) is 3.45. The molecule has 0 radical (unpaired) electrons. The topological polar surface area (TPSA) is 56.5 Å². The predicted octanol–water partition coefficient (Wildman–Crippen LogP) is 9.67. The van der Waals surface area contributed by atoms with Gasteiger partial charge in [0, 0.05) is 63.0 Å². The van der Waals surface area contributed by atoms with Crippen molar-refractivity contribution in [3.63, 3.8) is 0 Å². The maximum Gasteiger partial charge on any atom is 0.137 e. The molecule has 0 saturated carbocycles. The van der Waals surface area contributed by atoms with Crippen LogP contribution in [0.15, 0.2) is 152 Å². The van der Waals surface area contributed by atoms with E-state index in [2.05, 4.69) is 107 Å². The van der Waals surface area contributed by atoms with Crippen LogP contribution in [0, 0.1) is 0 Å². The number of benzene rings is 4. The zero-order valence-corrected chi connectivity index (χ0v) is 24.2. The zero-order valence-electron chi connectivity index (χ0n) is 24.2. The summed E-state index contributed by atoms with van der Waals surface area (Å²) < 4.78 is 2.29. The lowest BCUT2D eigenvalue weighted by atomic mass is 9.97. The number of fused-ring (bicyclic) bond motifs is 6. The molecule has 0 aliphatic rings. The Morgan fingerprint density at radius 3 is 1.96 bits per heavy atom. The molecule has 0 aliphatic carbocycles. The van der Waals surface area contributed by atoms with Crippen molar-refractivity contribution in [1.82, 2.24) is 24.5 Å². The first-order valence-corrected chi connectivity index (χ1v) is 15.0. The number of hydrogen-bond acceptors (Lipinski definition) is 4. The van der Waals surface area contributed by atoms with Gasteiger partial charge in [-0.3, -0.25) is 19.5 Å². The summed E-state index contributed by atoms with van der Waals surface area (Å²) >= 11 is 0. The van der Waals surface area contributed by atoms with E-state index in [0.717, 1.165) is 82.9 Å². The lowest BCUT2D eigenvalue weighted by molar-refractivity contribution is 1.08. The predicted molar refractivity (Wildman–Crippen MR) is 183 cm³/mol.